The SMILES string of the molecule is COC(=O)C=C1CCSc2c1sc1ccc(OC)cc21. The predicted octanol–water partition coefficient (Wildman–Crippen LogP) is 3.96. The maximum Gasteiger partial charge on any atom is 0.330 e. The highest BCUT2D eigenvalue weighted by Gasteiger charge is 2.21. The van der Waals surface area contributed by atoms with Crippen LogP contribution in [0.1, 0.15) is 11.3 Å². The molecule has 0 amide bonds. The molecular formula is C15H14O3S2. The van der Waals surface area contributed by atoms with Gasteiger partial charge in [-0.15, -0.1) is 23.1 Å². The largest absolute Gasteiger partial charge is 0.497 e. The smallest absolute Gasteiger partial charge is 0.330 e. The van der Waals surface area contributed by atoms with E-state index in [9.17, 15) is 4.79 Å². The molecule has 0 radical (unpaired) electrons. The average molecular weight is 306 g/mol. The Balaban J connectivity index is 2.15. The van der Waals surface area contributed by atoms with Gasteiger partial charge in [0.15, 0.2) is 0 Å². The molecule has 0 atom stereocenters. The molecule has 0 saturated heterocycles. The lowest BCUT2D eigenvalue weighted by Gasteiger charge is -2.14. The van der Waals surface area contributed by atoms with Gasteiger partial charge in [-0.2, -0.15) is 0 Å². The highest BCUT2D eigenvalue weighted by molar-refractivity contribution is 7.99. The lowest BCUT2D eigenvalue weighted by Crippen LogP contribution is -2.00. The van der Waals surface area contributed by atoms with Crippen LogP contribution in [-0.2, 0) is 9.53 Å². The number of methoxy groups -OCH3 is 2. The van der Waals surface area contributed by atoms with Gasteiger partial charge in [-0.05, 0) is 30.2 Å². The number of thioether (sulfide) groups is 1. The van der Waals surface area contributed by atoms with E-state index in [4.69, 9.17) is 9.47 Å². The Hall–Kier alpha value is -1.46. The zero-order valence-corrected chi connectivity index (χ0v) is 12.9. The van der Waals surface area contributed by atoms with Crippen molar-refractivity contribution >= 4 is 44.7 Å². The van der Waals surface area contributed by atoms with Gasteiger partial charge in [-0.25, -0.2) is 4.79 Å². The summed E-state index contributed by atoms with van der Waals surface area (Å²) in [6.45, 7) is 0. The number of fused-ring (bicyclic) bond motifs is 3. The number of hydrogen-bond donors (Lipinski definition) is 0. The molecule has 2 heterocycles. The summed E-state index contributed by atoms with van der Waals surface area (Å²) in [5.41, 5.74) is 1.07. The van der Waals surface area contributed by atoms with Crippen molar-refractivity contribution in [2.45, 2.75) is 11.3 Å². The number of hydrogen-bond acceptors (Lipinski definition) is 5. The maximum absolute atomic E-state index is 11.5. The van der Waals surface area contributed by atoms with Crippen LogP contribution in [0.2, 0.25) is 0 Å². The molecule has 20 heavy (non-hydrogen) atoms. The molecule has 104 valence electrons. The minimum absolute atomic E-state index is 0.284. The summed E-state index contributed by atoms with van der Waals surface area (Å²) in [4.78, 5) is 13.9. The van der Waals surface area contributed by atoms with Gasteiger partial charge in [0.1, 0.15) is 5.75 Å². The van der Waals surface area contributed by atoms with E-state index in [0.29, 0.717) is 0 Å². The summed E-state index contributed by atoms with van der Waals surface area (Å²) in [7, 11) is 3.09. The number of allylic oxidation sites excluding steroid dienone is 1. The van der Waals surface area contributed by atoms with Crippen molar-refractivity contribution < 1.29 is 14.3 Å². The number of thiophene rings is 1. The highest BCUT2D eigenvalue weighted by atomic mass is 32.2. The minimum atomic E-state index is -0.284. The molecule has 0 aliphatic carbocycles. The Labute approximate surface area is 125 Å². The van der Waals surface area contributed by atoms with Gasteiger partial charge < -0.3 is 9.47 Å². The zero-order valence-electron chi connectivity index (χ0n) is 11.3. The molecule has 0 spiro atoms. The third-order valence-electron chi connectivity index (χ3n) is 3.25. The molecule has 1 aromatic heterocycles. The van der Waals surface area contributed by atoms with Gasteiger partial charge in [-0.3, -0.25) is 0 Å². The Bertz CT molecular complexity index is 700. The molecular weight excluding hydrogens is 292 g/mol. The summed E-state index contributed by atoms with van der Waals surface area (Å²) in [6, 6.07) is 6.12. The van der Waals surface area contributed by atoms with E-state index in [1.54, 1.807) is 24.5 Å². The second kappa shape index (κ2) is 5.50. The molecule has 0 unspecified atom stereocenters. The fourth-order valence-electron chi connectivity index (χ4n) is 2.25. The van der Waals surface area contributed by atoms with Gasteiger partial charge in [0.25, 0.3) is 0 Å². The first-order valence-corrected chi connectivity index (χ1v) is 8.05. The normalized spacial score (nSPS) is 16.2. The monoisotopic (exact) mass is 306 g/mol. The summed E-state index contributed by atoms with van der Waals surface area (Å²) < 4.78 is 11.3. The molecule has 5 heteroatoms. The second-order valence-corrected chi connectivity index (χ2v) is 6.57. The van der Waals surface area contributed by atoms with Gasteiger partial charge in [0.05, 0.1) is 14.2 Å². The molecule has 0 N–H and O–H groups in total. The quantitative estimate of drug-likeness (QED) is 0.621. The van der Waals surface area contributed by atoms with Crippen molar-refractivity contribution in [3.63, 3.8) is 0 Å². The van der Waals surface area contributed by atoms with Gasteiger partial charge >= 0.3 is 5.97 Å². The van der Waals surface area contributed by atoms with Crippen LogP contribution in [0, 0.1) is 0 Å². The molecule has 0 fully saturated rings. The fourth-order valence-corrected chi connectivity index (χ4v) is 4.85. The molecule has 3 nitrogen and oxygen atoms in total. The van der Waals surface area contributed by atoms with Gasteiger partial charge in [-0.1, -0.05) is 0 Å². The van der Waals surface area contributed by atoms with Crippen LogP contribution in [0.15, 0.2) is 29.2 Å². The van der Waals surface area contributed by atoms with Crippen LogP contribution in [0.3, 0.4) is 0 Å². The third-order valence-corrected chi connectivity index (χ3v) is 5.75. The van der Waals surface area contributed by atoms with Crippen molar-refractivity contribution in [2.24, 2.45) is 0 Å². The zero-order chi connectivity index (χ0) is 14.1. The number of rotatable bonds is 2. The van der Waals surface area contributed by atoms with E-state index in [0.717, 1.165) is 23.5 Å². The Morgan fingerprint density at radius 3 is 2.95 bits per heavy atom. The summed E-state index contributed by atoms with van der Waals surface area (Å²) >= 11 is 3.57. The van der Waals surface area contributed by atoms with Crippen LogP contribution in [-0.4, -0.2) is 25.9 Å². The van der Waals surface area contributed by atoms with E-state index < -0.39 is 0 Å². The van der Waals surface area contributed by atoms with Crippen LogP contribution in [0.25, 0.3) is 15.7 Å². The summed E-state index contributed by atoms with van der Waals surface area (Å²) in [6.07, 6.45) is 2.52. The number of ether oxygens (including phenoxy) is 2. The van der Waals surface area contributed by atoms with E-state index in [1.807, 2.05) is 17.8 Å². The summed E-state index contributed by atoms with van der Waals surface area (Å²) in [5, 5.41) is 1.21. The first kappa shape index (κ1) is 13.5. The first-order chi connectivity index (χ1) is 9.72. The van der Waals surface area contributed by atoms with E-state index in [-0.39, 0.29) is 5.97 Å². The van der Waals surface area contributed by atoms with E-state index >= 15 is 0 Å². The predicted molar refractivity (Wildman–Crippen MR) is 83.7 cm³/mol. The molecule has 0 bridgehead atoms. The highest BCUT2D eigenvalue weighted by Crippen LogP contribution is 2.47. The molecule has 1 aromatic carbocycles. The van der Waals surface area contributed by atoms with Gasteiger partial charge in [0, 0.05) is 31.7 Å². The lowest BCUT2D eigenvalue weighted by atomic mass is 10.1. The van der Waals surface area contributed by atoms with Crippen molar-refractivity contribution in [3.05, 3.63) is 29.2 Å². The minimum Gasteiger partial charge on any atom is -0.497 e. The molecule has 0 saturated carbocycles. The Kier molecular flexibility index (Phi) is 3.72. The van der Waals surface area contributed by atoms with Crippen molar-refractivity contribution in [2.75, 3.05) is 20.0 Å². The first-order valence-electron chi connectivity index (χ1n) is 6.25. The van der Waals surface area contributed by atoms with Crippen molar-refractivity contribution in [3.8, 4) is 5.75 Å². The van der Waals surface area contributed by atoms with E-state index in [2.05, 4.69) is 12.1 Å². The summed E-state index contributed by atoms with van der Waals surface area (Å²) in [5.74, 6) is 1.56. The molecule has 1 aliphatic rings. The fraction of sp³-hybridized carbons (Fsp3) is 0.267. The standard InChI is InChI=1S/C15H14O3S2/c1-17-10-3-4-12-11(8-10)15-14(20-12)9(5-6-19-15)7-13(16)18-2/h3-4,7-8H,5-6H2,1-2H3. The second-order valence-electron chi connectivity index (χ2n) is 4.41. The third kappa shape index (κ3) is 2.31. The number of carbonyl (C=O) groups is 1. The van der Waals surface area contributed by atoms with E-state index in [1.165, 1.54) is 27.0 Å². The average Bonchev–Trinajstić information content (AvgIpc) is 2.86. The number of benzene rings is 1. The molecule has 2 aromatic rings. The van der Waals surface area contributed by atoms with Crippen LogP contribution in [0.4, 0.5) is 0 Å². The Morgan fingerprint density at radius 2 is 2.20 bits per heavy atom. The van der Waals surface area contributed by atoms with Crippen LogP contribution in [0.5, 0.6) is 5.75 Å². The van der Waals surface area contributed by atoms with Crippen LogP contribution >= 0.6 is 23.1 Å². The van der Waals surface area contributed by atoms with Crippen LogP contribution < -0.4 is 4.74 Å². The van der Waals surface area contributed by atoms with Gasteiger partial charge in [0.2, 0.25) is 0 Å². The lowest BCUT2D eigenvalue weighted by molar-refractivity contribution is -0.134. The number of esters is 1. The maximum atomic E-state index is 11.5. The number of carbonyl (C=O) groups excluding carboxylic acids is 1. The Morgan fingerprint density at radius 1 is 1.35 bits per heavy atom. The molecule has 1 aliphatic heterocycles. The topological polar surface area (TPSA) is 35.5 Å². The molecule has 3 rings (SSSR count). The van der Waals surface area contributed by atoms with Crippen molar-refractivity contribution in [1.82, 2.24) is 0 Å². The van der Waals surface area contributed by atoms with Crippen molar-refractivity contribution in [1.29, 1.82) is 0 Å².